The topological polar surface area (TPSA) is 72.0 Å². The van der Waals surface area contributed by atoms with E-state index >= 15 is 0 Å². The Kier molecular flexibility index (Phi) is 6.39. The van der Waals surface area contributed by atoms with Crippen LogP contribution >= 0.6 is 0 Å². The lowest BCUT2D eigenvalue weighted by molar-refractivity contribution is -0.121. The summed E-state index contributed by atoms with van der Waals surface area (Å²) in [6.07, 6.45) is 1.53. The standard InChI is InChI=1S/C19H23N3O3/c1-13-5-7-16(8-6-13)21-14(2)19(23)22-20-12-15-11-17(24-3)9-10-18(15)25-4/h5-12,14,21H,1-4H3,(H,22,23)/b20-12-/t14-/m0/s1. The summed E-state index contributed by atoms with van der Waals surface area (Å²) in [5.74, 6) is 1.09. The number of ether oxygens (including phenoxy) is 2. The summed E-state index contributed by atoms with van der Waals surface area (Å²) < 4.78 is 10.4. The van der Waals surface area contributed by atoms with E-state index in [2.05, 4.69) is 15.8 Å². The van der Waals surface area contributed by atoms with Crippen molar-refractivity contribution < 1.29 is 14.3 Å². The minimum absolute atomic E-state index is 0.237. The zero-order valence-corrected chi connectivity index (χ0v) is 14.9. The van der Waals surface area contributed by atoms with Gasteiger partial charge in [-0.15, -0.1) is 0 Å². The predicted molar refractivity (Wildman–Crippen MR) is 99.5 cm³/mol. The van der Waals surface area contributed by atoms with E-state index in [1.807, 2.05) is 31.2 Å². The van der Waals surface area contributed by atoms with Crippen LogP contribution in [0.3, 0.4) is 0 Å². The minimum Gasteiger partial charge on any atom is -0.497 e. The second kappa shape index (κ2) is 8.73. The Labute approximate surface area is 147 Å². The zero-order chi connectivity index (χ0) is 18.2. The number of aryl methyl sites for hydroxylation is 1. The number of anilines is 1. The van der Waals surface area contributed by atoms with Crippen LogP contribution in [0.25, 0.3) is 0 Å². The van der Waals surface area contributed by atoms with Crippen LogP contribution in [0.15, 0.2) is 47.6 Å². The monoisotopic (exact) mass is 341 g/mol. The molecule has 0 aromatic heterocycles. The van der Waals surface area contributed by atoms with Gasteiger partial charge < -0.3 is 14.8 Å². The fourth-order valence-corrected chi connectivity index (χ4v) is 2.17. The molecule has 1 atom stereocenters. The maximum absolute atomic E-state index is 12.1. The van der Waals surface area contributed by atoms with Crippen LogP contribution in [0.1, 0.15) is 18.1 Å². The van der Waals surface area contributed by atoms with Crippen LogP contribution in [0, 0.1) is 6.92 Å². The van der Waals surface area contributed by atoms with E-state index in [4.69, 9.17) is 9.47 Å². The molecule has 0 fully saturated rings. The fourth-order valence-electron chi connectivity index (χ4n) is 2.17. The Bertz CT molecular complexity index is 742. The molecule has 0 aliphatic carbocycles. The summed E-state index contributed by atoms with van der Waals surface area (Å²) in [7, 11) is 3.16. The molecule has 25 heavy (non-hydrogen) atoms. The van der Waals surface area contributed by atoms with Gasteiger partial charge >= 0.3 is 0 Å². The molecule has 2 aromatic rings. The molecule has 0 heterocycles. The third-order valence-corrected chi connectivity index (χ3v) is 3.64. The van der Waals surface area contributed by atoms with Gasteiger partial charge in [-0.05, 0) is 44.2 Å². The van der Waals surface area contributed by atoms with E-state index in [-0.39, 0.29) is 5.91 Å². The summed E-state index contributed by atoms with van der Waals surface area (Å²) in [4.78, 5) is 12.1. The SMILES string of the molecule is COc1ccc(OC)c(/C=N\NC(=O)[C@H](C)Nc2ccc(C)cc2)c1. The summed E-state index contributed by atoms with van der Waals surface area (Å²) in [5, 5.41) is 7.13. The average Bonchev–Trinajstić information content (AvgIpc) is 2.63. The van der Waals surface area contributed by atoms with Crippen LogP contribution < -0.4 is 20.2 Å². The number of nitrogens with zero attached hydrogens (tertiary/aromatic N) is 1. The molecule has 132 valence electrons. The summed E-state index contributed by atoms with van der Waals surface area (Å²) in [5.41, 5.74) is 5.28. The molecule has 0 unspecified atom stereocenters. The lowest BCUT2D eigenvalue weighted by Gasteiger charge is -2.13. The third kappa shape index (κ3) is 5.24. The molecule has 0 saturated carbocycles. The number of hydrazone groups is 1. The van der Waals surface area contributed by atoms with Crippen molar-refractivity contribution in [3.8, 4) is 11.5 Å². The highest BCUT2D eigenvalue weighted by Gasteiger charge is 2.11. The second-order valence-electron chi connectivity index (χ2n) is 5.57. The molecule has 6 heteroatoms. The van der Waals surface area contributed by atoms with E-state index in [1.54, 1.807) is 39.3 Å². The average molecular weight is 341 g/mol. The van der Waals surface area contributed by atoms with E-state index in [0.717, 1.165) is 5.69 Å². The van der Waals surface area contributed by atoms with Crippen molar-refractivity contribution in [1.29, 1.82) is 0 Å². The zero-order valence-electron chi connectivity index (χ0n) is 14.9. The molecule has 0 spiro atoms. The van der Waals surface area contributed by atoms with Gasteiger partial charge in [0.15, 0.2) is 0 Å². The third-order valence-electron chi connectivity index (χ3n) is 3.64. The van der Waals surface area contributed by atoms with Crippen LogP contribution in [0.5, 0.6) is 11.5 Å². The summed E-state index contributed by atoms with van der Waals surface area (Å²) >= 11 is 0. The number of rotatable bonds is 7. The van der Waals surface area contributed by atoms with Gasteiger partial charge in [-0.2, -0.15) is 5.10 Å². The highest BCUT2D eigenvalue weighted by Crippen LogP contribution is 2.22. The number of nitrogens with one attached hydrogen (secondary N) is 2. The molecule has 0 bridgehead atoms. The van der Waals surface area contributed by atoms with Gasteiger partial charge in [0.05, 0.1) is 20.4 Å². The van der Waals surface area contributed by atoms with Crippen molar-refractivity contribution in [2.75, 3.05) is 19.5 Å². The van der Waals surface area contributed by atoms with E-state index in [9.17, 15) is 4.79 Å². The molecular weight excluding hydrogens is 318 g/mol. The number of methoxy groups -OCH3 is 2. The smallest absolute Gasteiger partial charge is 0.262 e. The van der Waals surface area contributed by atoms with Gasteiger partial charge in [-0.25, -0.2) is 5.43 Å². The number of hydrogen-bond donors (Lipinski definition) is 2. The first-order valence-corrected chi connectivity index (χ1v) is 7.91. The van der Waals surface area contributed by atoms with Crippen molar-refractivity contribution in [3.05, 3.63) is 53.6 Å². The first-order valence-electron chi connectivity index (χ1n) is 7.91. The minimum atomic E-state index is -0.424. The van der Waals surface area contributed by atoms with Crippen molar-refractivity contribution >= 4 is 17.8 Å². The van der Waals surface area contributed by atoms with Crippen LogP contribution in [0.4, 0.5) is 5.69 Å². The summed E-state index contributed by atoms with van der Waals surface area (Å²) in [6, 6.07) is 12.8. The number of hydrogen-bond acceptors (Lipinski definition) is 5. The van der Waals surface area contributed by atoms with E-state index < -0.39 is 6.04 Å². The molecule has 0 radical (unpaired) electrons. The first kappa shape index (κ1) is 18.3. The van der Waals surface area contributed by atoms with E-state index in [1.165, 1.54) is 11.8 Å². The number of carbonyl (C=O) groups excluding carboxylic acids is 1. The highest BCUT2D eigenvalue weighted by molar-refractivity contribution is 5.88. The van der Waals surface area contributed by atoms with Gasteiger partial charge in [-0.3, -0.25) is 4.79 Å². The lowest BCUT2D eigenvalue weighted by Crippen LogP contribution is -2.34. The van der Waals surface area contributed by atoms with Gasteiger partial charge in [0.2, 0.25) is 0 Å². The molecule has 0 aliphatic rings. The van der Waals surface area contributed by atoms with Crippen molar-refractivity contribution in [3.63, 3.8) is 0 Å². The Hall–Kier alpha value is -3.02. The number of benzene rings is 2. The van der Waals surface area contributed by atoms with Crippen LogP contribution in [-0.2, 0) is 4.79 Å². The lowest BCUT2D eigenvalue weighted by atomic mass is 10.2. The first-order chi connectivity index (χ1) is 12.0. The van der Waals surface area contributed by atoms with Gasteiger partial charge in [0.25, 0.3) is 5.91 Å². The molecule has 1 amide bonds. The number of amides is 1. The molecule has 2 aromatic carbocycles. The summed E-state index contributed by atoms with van der Waals surface area (Å²) in [6.45, 7) is 3.79. The Morgan fingerprint density at radius 2 is 1.84 bits per heavy atom. The van der Waals surface area contributed by atoms with Crippen molar-refractivity contribution in [2.24, 2.45) is 5.10 Å². The van der Waals surface area contributed by atoms with Crippen molar-refractivity contribution in [1.82, 2.24) is 5.43 Å². The van der Waals surface area contributed by atoms with Gasteiger partial charge in [0.1, 0.15) is 17.5 Å². The molecule has 0 aliphatic heterocycles. The number of carbonyl (C=O) groups is 1. The molecule has 2 rings (SSSR count). The van der Waals surface area contributed by atoms with Crippen LogP contribution in [-0.4, -0.2) is 32.4 Å². The highest BCUT2D eigenvalue weighted by atomic mass is 16.5. The Morgan fingerprint density at radius 3 is 2.48 bits per heavy atom. The van der Waals surface area contributed by atoms with Gasteiger partial charge in [0, 0.05) is 11.3 Å². The maximum Gasteiger partial charge on any atom is 0.262 e. The molecule has 0 saturated heterocycles. The molecule has 2 N–H and O–H groups in total. The fraction of sp³-hybridized carbons (Fsp3) is 0.263. The van der Waals surface area contributed by atoms with E-state index in [0.29, 0.717) is 17.1 Å². The Balaban J connectivity index is 1.96. The normalized spacial score (nSPS) is 11.8. The van der Waals surface area contributed by atoms with Crippen LogP contribution in [0.2, 0.25) is 0 Å². The van der Waals surface area contributed by atoms with Gasteiger partial charge in [-0.1, -0.05) is 17.7 Å². The maximum atomic E-state index is 12.1. The van der Waals surface area contributed by atoms with Crippen molar-refractivity contribution in [2.45, 2.75) is 19.9 Å². The second-order valence-corrected chi connectivity index (χ2v) is 5.57. The molecule has 6 nitrogen and oxygen atoms in total. The Morgan fingerprint density at radius 1 is 1.12 bits per heavy atom. The largest absolute Gasteiger partial charge is 0.497 e. The molecular formula is C19H23N3O3. The predicted octanol–water partition coefficient (Wildman–Crippen LogP) is 2.96. The quantitative estimate of drug-likeness (QED) is 0.600.